The monoisotopic (exact) mass is 743 g/mol. The summed E-state index contributed by atoms with van der Waals surface area (Å²) in [6.45, 7) is 15.7. The molecule has 4 amide bonds. The first-order valence-electron chi connectivity index (χ1n) is 17.3. The second-order valence-corrected chi connectivity index (χ2v) is 17.7. The Kier molecular flexibility index (Phi) is 10.8. The fourth-order valence-electron chi connectivity index (χ4n) is 6.16. The molecule has 0 spiro atoms. The number of carbonyl (C=O) groups excluding carboxylic acids is 4. The summed E-state index contributed by atoms with van der Waals surface area (Å²) in [5.41, 5.74) is -2.88. The van der Waals surface area contributed by atoms with Crippen molar-refractivity contribution in [2.75, 3.05) is 13.3 Å². The molecule has 2 fully saturated rings. The van der Waals surface area contributed by atoms with Crippen LogP contribution in [0.4, 0.5) is 4.79 Å². The molecule has 1 aromatic heterocycles. The second-order valence-electron chi connectivity index (χ2n) is 15.8. The molecule has 0 unspecified atom stereocenters. The number of pyridine rings is 1. The Morgan fingerprint density at radius 1 is 1.08 bits per heavy atom. The van der Waals surface area contributed by atoms with Gasteiger partial charge in [0, 0.05) is 17.2 Å². The zero-order valence-corrected chi connectivity index (χ0v) is 31.6. The zero-order chi connectivity index (χ0) is 38.2. The Morgan fingerprint density at radius 2 is 1.75 bits per heavy atom. The molecule has 5 rings (SSSR count). The summed E-state index contributed by atoms with van der Waals surface area (Å²) < 4.78 is 50.6. The first-order valence-corrected chi connectivity index (χ1v) is 18.8. The molecule has 16 heteroatoms. The number of nitrogens with one attached hydrogen (secondary N) is 3. The van der Waals surface area contributed by atoms with Crippen LogP contribution in [-0.2, 0) is 40.5 Å². The average molecular weight is 744 g/mol. The molecule has 3 heterocycles. The first kappa shape index (κ1) is 38.8. The Hall–Kier alpha value is -4.44. The van der Waals surface area contributed by atoms with Crippen molar-refractivity contribution in [1.29, 1.82) is 0 Å². The van der Waals surface area contributed by atoms with Gasteiger partial charge in [-0.2, -0.15) is 0 Å². The van der Waals surface area contributed by atoms with E-state index in [1.807, 2.05) is 24.3 Å². The van der Waals surface area contributed by atoms with Gasteiger partial charge >= 0.3 is 6.09 Å². The lowest BCUT2D eigenvalue weighted by molar-refractivity contribution is -0.143. The Balaban J connectivity index is 1.47. The van der Waals surface area contributed by atoms with Crippen molar-refractivity contribution in [1.82, 2.24) is 25.2 Å². The largest absolute Gasteiger partial charge is 0.472 e. The van der Waals surface area contributed by atoms with E-state index < -0.39 is 73.8 Å². The van der Waals surface area contributed by atoms with Crippen molar-refractivity contribution in [3.63, 3.8) is 0 Å². The van der Waals surface area contributed by atoms with E-state index >= 15 is 0 Å². The van der Waals surface area contributed by atoms with Crippen LogP contribution < -0.4 is 24.8 Å². The van der Waals surface area contributed by atoms with Crippen LogP contribution in [0.2, 0.25) is 0 Å². The van der Waals surface area contributed by atoms with Gasteiger partial charge < -0.3 is 34.5 Å². The quantitative estimate of drug-likeness (QED) is 0.286. The molecule has 2 aromatic rings. The molecule has 0 radical (unpaired) electrons. The van der Waals surface area contributed by atoms with Crippen molar-refractivity contribution in [2.24, 2.45) is 5.41 Å². The Morgan fingerprint density at radius 3 is 2.37 bits per heavy atom. The first-order chi connectivity index (χ1) is 24.2. The summed E-state index contributed by atoms with van der Waals surface area (Å²) in [4.78, 5) is 61.2. The summed E-state index contributed by atoms with van der Waals surface area (Å²) in [6, 6.07) is 5.05. The number of alkyl carbamates (subject to hydrolysis) is 1. The molecule has 3 aliphatic rings. The lowest BCUT2D eigenvalue weighted by Crippen LogP contribution is -2.62. The minimum Gasteiger partial charge on any atom is -0.472 e. The van der Waals surface area contributed by atoms with Gasteiger partial charge in [-0.15, -0.1) is 6.58 Å². The maximum absolute atomic E-state index is 14.5. The van der Waals surface area contributed by atoms with E-state index in [0.29, 0.717) is 29.7 Å². The molecule has 1 aromatic carbocycles. The van der Waals surface area contributed by atoms with Gasteiger partial charge in [0.25, 0.3) is 5.91 Å². The highest BCUT2D eigenvalue weighted by Crippen LogP contribution is 2.38. The third-order valence-corrected chi connectivity index (χ3v) is 10.8. The summed E-state index contributed by atoms with van der Waals surface area (Å²) in [6.07, 6.45) is 0.570. The number of benzene rings is 1. The third-order valence-electron chi connectivity index (χ3n) is 8.98. The average Bonchev–Trinajstić information content (AvgIpc) is 3.83. The highest BCUT2D eigenvalue weighted by atomic mass is 32.2. The molecule has 1 aliphatic carbocycles. The van der Waals surface area contributed by atoms with Gasteiger partial charge in [-0.25, -0.2) is 18.2 Å². The third kappa shape index (κ3) is 8.77. The van der Waals surface area contributed by atoms with E-state index in [1.165, 1.54) is 17.9 Å². The standard InChI is InChI=1S/C36H49N5O10S/c1-9-16-36(8,32(44)40-52(46,47)22-14-15-22)39-29(42)26-17-21(18-41(26)31(43)28(34(2,3)4)38-33(45)51-35(5,6)7)50-30-24-13-11-10-12-23(24)27-25(37-30)19-48-20-49-27/h9-13,21-22,26,28H,1,14-20H2,2-8H3,(H,38,45)(H,39,42)(H,40,44)/t21-,26-,28-,36+/m1/s1. The molecule has 3 N–H and O–H groups in total. The molecule has 4 atom stereocenters. The van der Waals surface area contributed by atoms with E-state index in [4.69, 9.17) is 18.9 Å². The number of likely N-dealkylation sites (tertiary alicyclic amines) is 1. The fraction of sp³-hybridized carbons (Fsp3) is 0.583. The Labute approximate surface area is 304 Å². The molecular weight excluding hydrogens is 694 g/mol. The van der Waals surface area contributed by atoms with Crippen LogP contribution in [0.25, 0.3) is 10.8 Å². The summed E-state index contributed by atoms with van der Waals surface area (Å²) >= 11 is 0. The lowest BCUT2D eigenvalue weighted by atomic mass is 9.85. The van der Waals surface area contributed by atoms with Gasteiger partial charge in [0.05, 0.1) is 18.4 Å². The minimum absolute atomic E-state index is 0.0207. The maximum Gasteiger partial charge on any atom is 0.408 e. The molecular formula is C36H49N5O10S. The molecule has 0 bridgehead atoms. The number of rotatable bonds is 11. The number of hydrogen-bond acceptors (Lipinski definition) is 11. The second kappa shape index (κ2) is 14.5. The van der Waals surface area contributed by atoms with Crippen molar-refractivity contribution < 1.29 is 46.5 Å². The van der Waals surface area contributed by atoms with Crippen molar-refractivity contribution in [2.45, 2.75) is 115 Å². The van der Waals surface area contributed by atoms with Gasteiger partial charge in [-0.1, -0.05) is 45.0 Å². The van der Waals surface area contributed by atoms with Gasteiger partial charge in [-0.3, -0.25) is 19.1 Å². The number of carbonyl (C=O) groups is 4. The minimum atomic E-state index is -3.93. The normalized spacial score (nSPS) is 20.8. The van der Waals surface area contributed by atoms with E-state index in [2.05, 4.69) is 26.9 Å². The number of nitrogens with zero attached hydrogens (tertiary/aromatic N) is 2. The van der Waals surface area contributed by atoms with Crippen LogP contribution >= 0.6 is 0 Å². The van der Waals surface area contributed by atoms with Crippen LogP contribution in [0.3, 0.4) is 0 Å². The van der Waals surface area contributed by atoms with E-state index in [-0.39, 0.29) is 38.7 Å². The van der Waals surface area contributed by atoms with Crippen molar-refractivity contribution >= 4 is 44.6 Å². The smallest absolute Gasteiger partial charge is 0.408 e. The summed E-state index contributed by atoms with van der Waals surface area (Å²) in [5, 5.41) is 6.15. The van der Waals surface area contributed by atoms with Crippen molar-refractivity contribution in [3.05, 3.63) is 42.6 Å². The van der Waals surface area contributed by atoms with Gasteiger partial charge in [0.15, 0.2) is 12.5 Å². The molecule has 52 heavy (non-hydrogen) atoms. The maximum atomic E-state index is 14.5. The molecule has 1 saturated heterocycles. The number of sulfonamides is 1. The topological polar surface area (TPSA) is 192 Å². The predicted molar refractivity (Wildman–Crippen MR) is 191 cm³/mol. The highest BCUT2D eigenvalue weighted by Gasteiger charge is 2.49. The number of amides is 4. The molecule has 1 saturated carbocycles. The van der Waals surface area contributed by atoms with Gasteiger partial charge in [0.2, 0.25) is 27.7 Å². The fourth-order valence-corrected chi connectivity index (χ4v) is 7.57. The number of fused-ring (bicyclic) bond motifs is 3. The van der Waals surface area contributed by atoms with Crippen LogP contribution in [-0.4, -0.2) is 90.0 Å². The predicted octanol–water partition coefficient (Wildman–Crippen LogP) is 3.45. The molecule has 2 aliphatic heterocycles. The number of hydrogen-bond donors (Lipinski definition) is 3. The highest BCUT2D eigenvalue weighted by molar-refractivity contribution is 7.91. The Bertz CT molecular complexity index is 1850. The lowest BCUT2D eigenvalue weighted by Gasteiger charge is -2.36. The van der Waals surface area contributed by atoms with Crippen molar-refractivity contribution in [3.8, 4) is 11.6 Å². The SMILES string of the molecule is C=CC[C@](C)(NC(=O)[C@H]1C[C@@H](Oc2nc3c(c4ccccc24)OCOC3)CN1C(=O)[C@@H](NC(=O)OC(C)(C)C)C(C)(C)C)C(=O)NS(=O)(=O)C1CC1. The zero-order valence-electron chi connectivity index (χ0n) is 30.7. The summed E-state index contributed by atoms with van der Waals surface area (Å²) in [7, 11) is -3.93. The summed E-state index contributed by atoms with van der Waals surface area (Å²) in [5.74, 6) is -1.40. The van der Waals surface area contributed by atoms with Gasteiger partial charge in [-0.05, 0) is 58.4 Å². The molecule has 15 nitrogen and oxygen atoms in total. The molecule has 284 valence electrons. The van der Waals surface area contributed by atoms with Crippen LogP contribution in [0.15, 0.2) is 36.9 Å². The van der Waals surface area contributed by atoms with Crippen LogP contribution in [0, 0.1) is 5.41 Å². The van der Waals surface area contributed by atoms with E-state index in [1.54, 1.807) is 41.5 Å². The van der Waals surface area contributed by atoms with Crippen LogP contribution in [0.1, 0.15) is 79.8 Å². The van der Waals surface area contributed by atoms with Gasteiger partial charge in [0.1, 0.15) is 35.0 Å². The number of ether oxygens (including phenoxy) is 4. The van der Waals surface area contributed by atoms with Crippen LogP contribution in [0.5, 0.6) is 11.6 Å². The van der Waals surface area contributed by atoms with E-state index in [0.717, 1.165) is 5.39 Å². The van der Waals surface area contributed by atoms with E-state index in [9.17, 15) is 27.6 Å². The number of aromatic nitrogens is 1.